The maximum absolute atomic E-state index is 11.6. The van der Waals surface area contributed by atoms with E-state index in [-0.39, 0.29) is 16.4 Å². The number of piperazine rings is 1. The zero-order valence-electron chi connectivity index (χ0n) is 33.2. The summed E-state index contributed by atoms with van der Waals surface area (Å²) >= 11 is 7.90. The Kier molecular flexibility index (Phi) is 11.0. The Balaban J connectivity index is 1.09. The highest BCUT2D eigenvalue weighted by Crippen LogP contribution is 2.76. The number of nitrogens with one attached hydrogen (secondary N) is 1. The molecule has 1 aliphatic heterocycles. The molecule has 5 fully saturated rings. The number of rotatable bonds is 11. The van der Waals surface area contributed by atoms with Gasteiger partial charge in [0.1, 0.15) is 0 Å². The Bertz CT molecular complexity index is 1520. The minimum Gasteiger partial charge on any atom is -0.478 e. The van der Waals surface area contributed by atoms with E-state index in [0.29, 0.717) is 40.1 Å². The lowest BCUT2D eigenvalue weighted by Gasteiger charge is -2.72. The van der Waals surface area contributed by atoms with Crippen molar-refractivity contribution in [3.63, 3.8) is 0 Å². The van der Waals surface area contributed by atoms with Gasteiger partial charge in [-0.2, -0.15) is 0 Å². The van der Waals surface area contributed by atoms with Crippen LogP contribution in [0.4, 0.5) is 0 Å². The highest BCUT2D eigenvalue weighted by molar-refractivity contribution is 7.97. The van der Waals surface area contributed by atoms with Gasteiger partial charge < -0.3 is 10.4 Å². The Hall–Kier alpha value is -1.31. The molecule has 5 nitrogen and oxygen atoms in total. The second kappa shape index (κ2) is 14.6. The van der Waals surface area contributed by atoms with Crippen LogP contribution in [0, 0.1) is 51.2 Å². The lowest BCUT2D eigenvalue weighted by molar-refractivity contribution is -0.219. The molecule has 52 heavy (non-hydrogen) atoms. The summed E-state index contributed by atoms with van der Waals surface area (Å²) in [5.41, 5.74) is 5.60. The maximum Gasteiger partial charge on any atom is 0.335 e. The van der Waals surface area contributed by atoms with Gasteiger partial charge in [-0.25, -0.2) is 9.10 Å². The van der Waals surface area contributed by atoms with Gasteiger partial charge in [0.2, 0.25) is 0 Å². The lowest BCUT2D eigenvalue weighted by Crippen LogP contribution is -2.68. The summed E-state index contributed by atoms with van der Waals surface area (Å²) in [4.78, 5) is 14.3. The van der Waals surface area contributed by atoms with Gasteiger partial charge in [0, 0.05) is 56.4 Å². The third-order valence-corrected chi connectivity index (χ3v) is 18.3. The van der Waals surface area contributed by atoms with Crippen LogP contribution in [0.1, 0.15) is 122 Å². The zero-order valence-corrected chi connectivity index (χ0v) is 34.8. The number of alkyl halides is 1. The van der Waals surface area contributed by atoms with Crippen molar-refractivity contribution in [3.8, 4) is 0 Å². The van der Waals surface area contributed by atoms with Gasteiger partial charge in [-0.05, 0) is 146 Å². The quantitative estimate of drug-likeness (QED) is 0.102. The van der Waals surface area contributed by atoms with Crippen molar-refractivity contribution in [1.29, 1.82) is 0 Å². The Morgan fingerprint density at radius 1 is 0.942 bits per heavy atom. The highest BCUT2D eigenvalue weighted by Gasteiger charge is 2.70. The molecule has 0 unspecified atom stereocenters. The molecule has 0 bridgehead atoms. The van der Waals surface area contributed by atoms with Crippen molar-refractivity contribution in [2.24, 2.45) is 51.2 Å². The molecule has 9 atom stereocenters. The maximum atomic E-state index is 11.6. The number of fused-ring (bicyclic) bond motifs is 7. The molecule has 1 aromatic carbocycles. The summed E-state index contributed by atoms with van der Waals surface area (Å²) in [6, 6.07) is 7.67. The van der Waals surface area contributed by atoms with Crippen molar-refractivity contribution in [2.45, 2.75) is 111 Å². The van der Waals surface area contributed by atoms with Crippen LogP contribution in [0.5, 0.6) is 0 Å². The van der Waals surface area contributed by atoms with Crippen molar-refractivity contribution >= 4 is 35.1 Å². The Morgan fingerprint density at radius 3 is 2.35 bits per heavy atom. The molecule has 2 N–H and O–H groups in total. The molecule has 7 rings (SSSR count). The minimum atomic E-state index is -0.854. The SMILES string of the molecule is C=C(C)[C@@H]1CC[C@]2(NCCN3CCN(SCCCCl)CC3)CC[C@]3(C)[C@H](CC[C@@H]4[C@@]5(C)CC=C(c6ccc(C(=O)O)cc6)C(C)(C)[C@@H]5CC[C@]43C)[C@@H]12. The van der Waals surface area contributed by atoms with E-state index < -0.39 is 5.97 Å². The fourth-order valence-corrected chi connectivity index (χ4v) is 15.4. The summed E-state index contributed by atoms with van der Waals surface area (Å²) in [7, 11) is 0. The molecule has 0 aromatic heterocycles. The molecule has 4 saturated carbocycles. The zero-order chi connectivity index (χ0) is 37.1. The van der Waals surface area contributed by atoms with E-state index in [4.69, 9.17) is 11.6 Å². The van der Waals surface area contributed by atoms with E-state index in [1.165, 1.54) is 81.2 Å². The van der Waals surface area contributed by atoms with Crippen molar-refractivity contribution < 1.29 is 9.90 Å². The molecule has 1 saturated heterocycles. The molecule has 0 radical (unpaired) electrons. The van der Waals surface area contributed by atoms with E-state index in [2.05, 4.69) is 68.7 Å². The predicted octanol–water partition coefficient (Wildman–Crippen LogP) is 10.3. The van der Waals surface area contributed by atoms with Crippen LogP contribution < -0.4 is 5.32 Å². The number of carbonyl (C=O) groups is 1. The van der Waals surface area contributed by atoms with E-state index in [1.807, 2.05) is 24.1 Å². The predicted molar refractivity (Wildman–Crippen MR) is 220 cm³/mol. The number of carboxylic acids is 1. The van der Waals surface area contributed by atoms with Gasteiger partial charge in [-0.15, -0.1) is 11.6 Å². The number of hydrogen-bond donors (Lipinski definition) is 2. The first-order valence-corrected chi connectivity index (χ1v) is 22.3. The van der Waals surface area contributed by atoms with E-state index >= 15 is 0 Å². The van der Waals surface area contributed by atoms with Gasteiger partial charge in [0.05, 0.1) is 5.56 Å². The monoisotopic (exact) mass is 749 g/mol. The number of hydrogen-bond acceptors (Lipinski definition) is 5. The summed E-state index contributed by atoms with van der Waals surface area (Å²) in [5, 5.41) is 13.9. The van der Waals surface area contributed by atoms with Gasteiger partial charge >= 0.3 is 5.97 Å². The van der Waals surface area contributed by atoms with Gasteiger partial charge in [-0.1, -0.05) is 76.9 Å². The number of benzene rings is 1. The van der Waals surface area contributed by atoms with E-state index in [9.17, 15) is 9.90 Å². The first-order chi connectivity index (χ1) is 24.7. The lowest BCUT2D eigenvalue weighted by atomic mass is 9.33. The Morgan fingerprint density at radius 2 is 1.67 bits per heavy atom. The molecule has 288 valence electrons. The molecule has 7 heteroatoms. The summed E-state index contributed by atoms with van der Waals surface area (Å²) in [6.07, 6.45) is 15.3. The average Bonchev–Trinajstić information content (AvgIpc) is 3.49. The fraction of sp³-hybridized carbons (Fsp3) is 0.756. The van der Waals surface area contributed by atoms with E-state index in [1.54, 1.807) is 12.1 Å². The van der Waals surface area contributed by atoms with Crippen molar-refractivity contribution in [3.05, 3.63) is 53.6 Å². The number of nitrogens with zero attached hydrogens (tertiary/aromatic N) is 2. The summed E-state index contributed by atoms with van der Waals surface area (Å²) in [5.74, 6) is 4.43. The van der Waals surface area contributed by atoms with Gasteiger partial charge in [0.15, 0.2) is 0 Å². The van der Waals surface area contributed by atoms with Crippen molar-refractivity contribution in [2.75, 3.05) is 50.9 Å². The van der Waals surface area contributed by atoms with Gasteiger partial charge in [-0.3, -0.25) is 4.90 Å². The number of halogens is 1. The smallest absolute Gasteiger partial charge is 0.335 e. The average molecular weight is 751 g/mol. The summed E-state index contributed by atoms with van der Waals surface area (Å²) < 4.78 is 2.55. The number of carboxylic acid groups (broad SMARTS) is 1. The van der Waals surface area contributed by atoms with Crippen molar-refractivity contribution in [1.82, 2.24) is 14.5 Å². The van der Waals surface area contributed by atoms with Crippen LogP contribution in [-0.2, 0) is 0 Å². The van der Waals surface area contributed by atoms with E-state index in [0.717, 1.165) is 56.6 Å². The third kappa shape index (κ3) is 6.39. The molecule has 5 aliphatic carbocycles. The van der Waals surface area contributed by atoms with Crippen LogP contribution in [0.3, 0.4) is 0 Å². The van der Waals surface area contributed by atoms with Gasteiger partial charge in [0.25, 0.3) is 0 Å². The largest absolute Gasteiger partial charge is 0.478 e. The summed E-state index contributed by atoms with van der Waals surface area (Å²) in [6.45, 7) is 27.1. The second-order valence-electron chi connectivity index (χ2n) is 19.3. The standard InChI is InChI=1S/C45H68ClN3O2S/c1-31(2)34-15-20-45(47-24-25-48-26-28-49(29-27-48)52-30-8-23-46)22-21-43(6)36(39(34)45)13-14-38-42(5)18-16-35(32-9-11-33(12-10-32)40(50)51)41(3,4)37(42)17-19-44(38,43)7/h9-12,16,34,36-39,47H,1,8,13-15,17-30H2,2-7H3,(H,50,51)/t34-,36+,37-,38+,39+,42-,43+,44+,45-/m0/s1. The molecular weight excluding hydrogens is 682 g/mol. The first-order valence-electron chi connectivity index (χ1n) is 20.8. The molecule has 1 aromatic rings. The number of allylic oxidation sites excluding steroid dienone is 3. The van der Waals surface area contributed by atoms with Crippen LogP contribution in [0.2, 0.25) is 0 Å². The second-order valence-corrected chi connectivity index (χ2v) is 20.9. The topological polar surface area (TPSA) is 55.8 Å². The molecule has 6 aliphatic rings. The number of aromatic carboxylic acids is 1. The van der Waals surface area contributed by atoms with Crippen LogP contribution in [0.15, 0.2) is 42.5 Å². The molecule has 1 heterocycles. The first kappa shape index (κ1) is 38.9. The van der Waals surface area contributed by atoms with Crippen LogP contribution in [-0.4, -0.2) is 76.7 Å². The highest BCUT2D eigenvalue weighted by atomic mass is 35.5. The van der Waals surface area contributed by atoms with Crippen LogP contribution >= 0.6 is 23.5 Å². The fourth-order valence-electron chi connectivity index (χ4n) is 14.1. The Labute approximate surface area is 325 Å². The molecular formula is C45H68ClN3O2S. The third-order valence-electron chi connectivity index (χ3n) is 16.9. The minimum absolute atomic E-state index is 0.0364. The molecule has 0 spiro atoms. The van der Waals surface area contributed by atoms with Crippen LogP contribution in [0.25, 0.3) is 5.57 Å². The normalized spacial score (nSPS) is 40.2. The molecule has 0 amide bonds.